The largest absolute Gasteiger partial charge is 0.478 e. The van der Waals surface area contributed by atoms with Gasteiger partial charge in [0, 0.05) is 13.0 Å². The first-order valence-corrected chi connectivity index (χ1v) is 7.59. The molecule has 0 saturated carbocycles. The second-order valence-corrected chi connectivity index (χ2v) is 5.62. The van der Waals surface area contributed by atoms with Crippen molar-refractivity contribution < 1.29 is 14.7 Å². The predicted octanol–water partition coefficient (Wildman–Crippen LogP) is 2.51. The zero-order valence-electron chi connectivity index (χ0n) is 12.0. The molecule has 0 atom stereocenters. The van der Waals surface area contributed by atoms with E-state index < -0.39 is 5.97 Å². The van der Waals surface area contributed by atoms with Gasteiger partial charge in [-0.25, -0.2) is 9.59 Å². The summed E-state index contributed by atoms with van der Waals surface area (Å²) in [5.74, 6) is -0.976. The van der Waals surface area contributed by atoms with Gasteiger partial charge in [0.15, 0.2) is 0 Å². The highest BCUT2D eigenvalue weighted by molar-refractivity contribution is 7.15. The van der Waals surface area contributed by atoms with Crippen molar-refractivity contribution in [2.75, 3.05) is 5.32 Å². The molecule has 0 aliphatic heterocycles. The summed E-state index contributed by atoms with van der Waals surface area (Å²) in [4.78, 5) is 22.5. The molecule has 116 valence electrons. The number of carboxylic acid groups (broad SMARTS) is 1. The maximum atomic E-state index is 11.8. The van der Waals surface area contributed by atoms with Crippen LogP contribution in [0.2, 0.25) is 0 Å². The minimum absolute atomic E-state index is 0.213. The first kappa shape index (κ1) is 15.9. The minimum Gasteiger partial charge on any atom is -0.478 e. The van der Waals surface area contributed by atoms with Crippen molar-refractivity contribution in [1.82, 2.24) is 15.5 Å². The molecule has 0 radical (unpaired) electrons. The lowest BCUT2D eigenvalue weighted by atomic mass is 10.1. The molecule has 0 unspecified atom stereocenters. The van der Waals surface area contributed by atoms with Crippen molar-refractivity contribution in [2.45, 2.75) is 26.3 Å². The number of amides is 2. The van der Waals surface area contributed by atoms with E-state index in [1.807, 2.05) is 0 Å². The number of rotatable bonds is 6. The van der Waals surface area contributed by atoms with Gasteiger partial charge in [0.2, 0.25) is 5.13 Å². The lowest BCUT2D eigenvalue weighted by molar-refractivity contribution is 0.0697. The Morgan fingerprint density at radius 2 is 1.95 bits per heavy atom. The van der Waals surface area contributed by atoms with E-state index in [0.717, 1.165) is 23.4 Å². The molecule has 1 heterocycles. The van der Waals surface area contributed by atoms with Crippen molar-refractivity contribution >= 4 is 28.5 Å². The van der Waals surface area contributed by atoms with Crippen LogP contribution in [0.3, 0.4) is 0 Å². The van der Waals surface area contributed by atoms with Crippen LogP contribution in [0.15, 0.2) is 24.3 Å². The smallest absolute Gasteiger partial charge is 0.335 e. The first-order valence-electron chi connectivity index (χ1n) is 6.78. The van der Waals surface area contributed by atoms with Crippen molar-refractivity contribution in [3.63, 3.8) is 0 Å². The average Bonchev–Trinajstić information content (AvgIpc) is 2.93. The van der Waals surface area contributed by atoms with Gasteiger partial charge in [-0.1, -0.05) is 30.4 Å². The zero-order valence-corrected chi connectivity index (χ0v) is 12.8. The molecular weight excluding hydrogens is 304 g/mol. The molecule has 8 heteroatoms. The van der Waals surface area contributed by atoms with Crippen LogP contribution in [-0.2, 0) is 13.0 Å². The van der Waals surface area contributed by atoms with E-state index in [1.165, 1.54) is 23.5 Å². The summed E-state index contributed by atoms with van der Waals surface area (Å²) in [6, 6.07) is 5.95. The summed E-state index contributed by atoms with van der Waals surface area (Å²) < 4.78 is 0. The first-order chi connectivity index (χ1) is 10.6. The fraction of sp³-hybridized carbons (Fsp3) is 0.286. The van der Waals surface area contributed by atoms with E-state index in [2.05, 4.69) is 27.8 Å². The van der Waals surface area contributed by atoms with Gasteiger partial charge in [0.25, 0.3) is 0 Å². The highest BCUT2D eigenvalue weighted by Gasteiger charge is 2.08. The molecule has 7 nitrogen and oxygen atoms in total. The summed E-state index contributed by atoms with van der Waals surface area (Å²) >= 11 is 1.35. The number of nitrogens with one attached hydrogen (secondary N) is 2. The summed E-state index contributed by atoms with van der Waals surface area (Å²) in [5, 5.41) is 23.3. The number of aryl methyl sites for hydroxylation is 1. The zero-order chi connectivity index (χ0) is 15.9. The number of carboxylic acids is 1. The number of nitrogens with zero attached hydrogens (tertiary/aromatic N) is 2. The third kappa shape index (κ3) is 4.52. The van der Waals surface area contributed by atoms with Crippen molar-refractivity contribution in [3.05, 3.63) is 40.4 Å². The number of aromatic carboxylic acids is 1. The Bertz CT molecular complexity index is 654. The molecule has 0 aliphatic carbocycles. The molecule has 2 aromatic rings. The number of aromatic nitrogens is 2. The fourth-order valence-corrected chi connectivity index (χ4v) is 2.54. The number of carbonyl (C=O) groups is 2. The molecule has 0 spiro atoms. The molecule has 2 amide bonds. The third-order valence-corrected chi connectivity index (χ3v) is 3.70. The Kier molecular flexibility index (Phi) is 5.42. The molecular formula is C14H16N4O3S. The van der Waals surface area contributed by atoms with Crippen LogP contribution in [0.25, 0.3) is 0 Å². The summed E-state index contributed by atoms with van der Waals surface area (Å²) in [6.45, 7) is 2.35. The Balaban J connectivity index is 1.82. The number of hydrogen-bond acceptors (Lipinski definition) is 5. The summed E-state index contributed by atoms with van der Waals surface area (Å²) in [6.07, 6.45) is 1.82. The predicted molar refractivity (Wildman–Crippen MR) is 83.2 cm³/mol. The summed E-state index contributed by atoms with van der Waals surface area (Å²) in [5.41, 5.74) is 1.02. The van der Waals surface area contributed by atoms with Crippen LogP contribution in [0.1, 0.15) is 34.3 Å². The fourth-order valence-electron chi connectivity index (χ4n) is 1.71. The van der Waals surface area contributed by atoms with Gasteiger partial charge in [0.1, 0.15) is 5.01 Å². The van der Waals surface area contributed by atoms with Crippen molar-refractivity contribution in [3.8, 4) is 0 Å². The molecule has 22 heavy (non-hydrogen) atoms. The molecule has 0 bridgehead atoms. The lowest BCUT2D eigenvalue weighted by Crippen LogP contribution is -2.28. The quantitative estimate of drug-likeness (QED) is 0.758. The Morgan fingerprint density at radius 3 is 2.59 bits per heavy atom. The van der Waals surface area contributed by atoms with E-state index >= 15 is 0 Å². The molecule has 1 aromatic carbocycles. The van der Waals surface area contributed by atoms with Gasteiger partial charge in [-0.15, -0.1) is 10.2 Å². The third-order valence-electron chi connectivity index (χ3n) is 2.81. The second-order valence-electron chi connectivity index (χ2n) is 4.56. The molecule has 0 fully saturated rings. The van der Waals surface area contributed by atoms with Crippen LogP contribution >= 0.6 is 11.3 Å². The van der Waals surface area contributed by atoms with Crippen LogP contribution in [-0.4, -0.2) is 27.3 Å². The van der Waals surface area contributed by atoms with E-state index in [9.17, 15) is 9.59 Å². The Morgan fingerprint density at radius 1 is 1.23 bits per heavy atom. The molecule has 3 N–H and O–H groups in total. The topological polar surface area (TPSA) is 104 Å². The van der Waals surface area contributed by atoms with Crippen molar-refractivity contribution in [1.29, 1.82) is 0 Å². The van der Waals surface area contributed by atoms with Gasteiger partial charge in [-0.2, -0.15) is 0 Å². The number of hydrogen-bond donors (Lipinski definition) is 3. The number of carbonyl (C=O) groups excluding carboxylic acids is 1. The van der Waals surface area contributed by atoms with Crippen LogP contribution in [0, 0.1) is 0 Å². The van der Waals surface area contributed by atoms with Gasteiger partial charge in [-0.05, 0) is 24.1 Å². The highest BCUT2D eigenvalue weighted by atomic mass is 32.1. The number of benzene rings is 1. The van der Waals surface area contributed by atoms with Gasteiger partial charge in [-0.3, -0.25) is 5.32 Å². The van der Waals surface area contributed by atoms with Gasteiger partial charge < -0.3 is 10.4 Å². The van der Waals surface area contributed by atoms with Crippen LogP contribution in [0.5, 0.6) is 0 Å². The monoisotopic (exact) mass is 320 g/mol. The lowest BCUT2D eigenvalue weighted by Gasteiger charge is -2.05. The Hall–Kier alpha value is -2.48. The maximum Gasteiger partial charge on any atom is 0.335 e. The average molecular weight is 320 g/mol. The van der Waals surface area contributed by atoms with Gasteiger partial charge >= 0.3 is 12.0 Å². The summed E-state index contributed by atoms with van der Waals surface area (Å²) in [7, 11) is 0. The standard InChI is InChI=1S/C14H16N4O3S/c1-2-3-11-17-18-14(22-11)16-13(21)15-8-9-4-6-10(7-5-9)12(19)20/h4-7H,2-3,8H2,1H3,(H,19,20)(H2,15,16,18,21). The molecule has 1 aromatic heterocycles. The number of urea groups is 1. The SMILES string of the molecule is CCCc1nnc(NC(=O)NCc2ccc(C(=O)O)cc2)s1. The minimum atomic E-state index is -0.976. The molecule has 0 aliphatic rings. The molecule has 0 saturated heterocycles. The van der Waals surface area contributed by atoms with Crippen LogP contribution < -0.4 is 10.6 Å². The second kappa shape index (κ2) is 7.51. The van der Waals surface area contributed by atoms with E-state index in [0.29, 0.717) is 11.7 Å². The van der Waals surface area contributed by atoms with E-state index in [-0.39, 0.29) is 11.6 Å². The normalized spacial score (nSPS) is 10.2. The maximum absolute atomic E-state index is 11.8. The van der Waals surface area contributed by atoms with Crippen molar-refractivity contribution in [2.24, 2.45) is 0 Å². The highest BCUT2D eigenvalue weighted by Crippen LogP contribution is 2.16. The molecule has 2 rings (SSSR count). The van der Waals surface area contributed by atoms with E-state index in [1.54, 1.807) is 12.1 Å². The Labute approximate surface area is 131 Å². The van der Waals surface area contributed by atoms with Gasteiger partial charge in [0.05, 0.1) is 5.56 Å². The number of anilines is 1. The van der Waals surface area contributed by atoms with Crippen LogP contribution in [0.4, 0.5) is 9.93 Å². The van der Waals surface area contributed by atoms with E-state index in [4.69, 9.17) is 5.11 Å².